The van der Waals surface area contributed by atoms with Crippen LogP contribution in [0.4, 0.5) is 0 Å². The first-order chi connectivity index (χ1) is 30.3. The van der Waals surface area contributed by atoms with E-state index in [0.717, 1.165) is 6.07 Å². The van der Waals surface area contributed by atoms with Crippen molar-refractivity contribution in [2.45, 2.75) is 0 Å². The summed E-state index contributed by atoms with van der Waals surface area (Å²) in [6.07, 6.45) is 0. The molecule has 0 atom stereocenters. The van der Waals surface area contributed by atoms with Crippen molar-refractivity contribution in [2.75, 3.05) is 0 Å². The summed E-state index contributed by atoms with van der Waals surface area (Å²) in [5, 5.41) is -4.35. The zero-order valence-electron chi connectivity index (χ0n) is 45.1. The SMILES string of the molecule is [2H]c1cc2c(-c3c([2H])c([2H])c(-c4c([2H])c([2H])c5c([2H])c([2H])c([2H])c([2H])c5c4[2H])c([2H])c3[2H])c3c([2H])c([2H])c([2H])c([2H])c3c(-c3c([2H])c([2H])c4c([2H])c([2H])c([2H])c([2H])c4c3[2H])c2c([2H])c1[2H]. The number of fused-ring (bicyclic) bond motifs is 4. The van der Waals surface area contributed by atoms with E-state index < -0.39 is 228 Å². The van der Waals surface area contributed by atoms with E-state index in [1.807, 2.05) is 0 Å². The van der Waals surface area contributed by atoms with Gasteiger partial charge in [0.15, 0.2) is 0 Å². The van der Waals surface area contributed by atoms with Crippen LogP contribution in [0, 0.1) is 0 Å². The van der Waals surface area contributed by atoms with E-state index in [1.54, 1.807) is 0 Å². The van der Waals surface area contributed by atoms with Gasteiger partial charge in [-0.15, -0.1) is 0 Å². The molecule has 0 nitrogen and oxygen atoms in total. The standard InChI is InChI=1S/C40H26/c1-3-11-31-25-33(23-19-27(31)9-1)29-17-21-30(22-18-29)39-35-13-5-7-15-37(35)40(38-16-8-6-14-36(38)39)34-24-20-28-10-2-4-12-32(28)26-34/h1-26H/i1D,2D,3D,4D,5D,6D,7D,8D,9D,10D,11D,12D,13D,15D,16D,17D,18D,19D,20D,21D,22D,23D,24D,25D,26D. The molecule has 0 aliphatic heterocycles. The minimum atomic E-state index is -0.993. The van der Waals surface area contributed by atoms with Crippen LogP contribution in [-0.2, 0) is 0 Å². The molecule has 0 aliphatic rings. The molecule has 40 heavy (non-hydrogen) atoms. The lowest BCUT2D eigenvalue weighted by Gasteiger charge is -2.18. The maximum atomic E-state index is 9.40. The van der Waals surface area contributed by atoms with E-state index in [0.29, 0.717) is 0 Å². The monoisotopic (exact) mass is 531 g/mol. The molecule has 0 heterocycles. The molecule has 0 spiro atoms. The fourth-order valence-electron chi connectivity index (χ4n) is 4.57. The molecule has 0 bridgehead atoms. The van der Waals surface area contributed by atoms with Gasteiger partial charge in [-0.05, 0) is 88.6 Å². The van der Waals surface area contributed by atoms with Crippen LogP contribution >= 0.6 is 0 Å². The van der Waals surface area contributed by atoms with E-state index in [2.05, 4.69) is 0 Å². The molecule has 8 aromatic carbocycles. The quantitative estimate of drug-likeness (QED) is 0.199. The van der Waals surface area contributed by atoms with Gasteiger partial charge in [0.25, 0.3) is 0 Å². The lowest BCUT2D eigenvalue weighted by molar-refractivity contribution is 1.63. The van der Waals surface area contributed by atoms with Crippen LogP contribution in [0.2, 0.25) is 0 Å². The molecule has 186 valence electrons. The molecule has 0 fully saturated rings. The molecular formula is C40H26. The first kappa shape index (κ1) is 8.91. The summed E-state index contributed by atoms with van der Waals surface area (Å²) >= 11 is 0. The third kappa shape index (κ3) is 3.69. The van der Waals surface area contributed by atoms with Crippen LogP contribution < -0.4 is 0 Å². The predicted octanol–water partition coefficient (Wildman–Crippen LogP) is 11.3. The highest BCUT2D eigenvalue weighted by Gasteiger charge is 2.16. The Morgan fingerprint density at radius 2 is 0.725 bits per heavy atom. The molecule has 0 radical (unpaired) electrons. The van der Waals surface area contributed by atoms with Crippen molar-refractivity contribution < 1.29 is 34.3 Å². The van der Waals surface area contributed by atoms with Gasteiger partial charge in [0.1, 0.15) is 0 Å². The number of rotatable bonds is 3. The Balaban J connectivity index is 1.64. The summed E-state index contributed by atoms with van der Waals surface area (Å²) < 4.78 is 221. The minimum absolute atomic E-state index is 0.435. The second-order valence-corrected chi connectivity index (χ2v) is 8.58. The van der Waals surface area contributed by atoms with Crippen LogP contribution in [0.3, 0.4) is 0 Å². The molecule has 0 amide bonds. The molecular weight excluding hydrogens is 480 g/mol. The Labute approximate surface area is 268 Å². The Kier molecular flexibility index (Phi) is 2.05. The zero-order valence-corrected chi connectivity index (χ0v) is 20.1. The lowest BCUT2D eigenvalue weighted by atomic mass is 9.85. The summed E-state index contributed by atoms with van der Waals surface area (Å²) in [7, 11) is 0. The smallest absolute Gasteiger partial charge is 0.0616 e. The van der Waals surface area contributed by atoms with Crippen molar-refractivity contribution in [3.05, 3.63) is 157 Å². The lowest BCUT2D eigenvalue weighted by Crippen LogP contribution is -1.91. The Morgan fingerprint density at radius 1 is 0.300 bits per heavy atom. The summed E-state index contributed by atoms with van der Waals surface area (Å²) in [6, 6.07) is -20.3. The predicted molar refractivity (Wildman–Crippen MR) is 173 cm³/mol. The fourth-order valence-corrected chi connectivity index (χ4v) is 4.57. The first-order valence-corrected chi connectivity index (χ1v) is 11.8. The second kappa shape index (κ2) is 9.22. The van der Waals surface area contributed by atoms with Gasteiger partial charge in [-0.3, -0.25) is 0 Å². The largest absolute Gasteiger partial charge is 0.0636 e. The average molecular weight is 532 g/mol. The van der Waals surface area contributed by atoms with Crippen molar-refractivity contribution in [3.63, 3.8) is 0 Å². The van der Waals surface area contributed by atoms with Crippen molar-refractivity contribution in [1.29, 1.82) is 0 Å². The first-order valence-electron chi connectivity index (χ1n) is 24.3. The molecule has 8 aromatic rings. The molecule has 0 N–H and O–H groups in total. The van der Waals surface area contributed by atoms with Crippen LogP contribution in [0.25, 0.3) is 76.5 Å². The molecule has 0 aliphatic carbocycles. The fraction of sp³-hybridized carbons (Fsp3) is 0. The van der Waals surface area contributed by atoms with E-state index in [9.17, 15) is 12.3 Å². The zero-order chi connectivity index (χ0) is 48.2. The highest BCUT2D eigenvalue weighted by atomic mass is 14.2. The minimum Gasteiger partial charge on any atom is -0.0616 e. The van der Waals surface area contributed by atoms with Crippen LogP contribution in [0.1, 0.15) is 34.3 Å². The van der Waals surface area contributed by atoms with Crippen LogP contribution in [0.5, 0.6) is 0 Å². The van der Waals surface area contributed by atoms with E-state index in [4.69, 9.17) is 21.9 Å². The molecule has 8 rings (SSSR count). The van der Waals surface area contributed by atoms with E-state index in [1.165, 1.54) is 0 Å². The van der Waals surface area contributed by atoms with Gasteiger partial charge in [-0.1, -0.05) is 145 Å². The summed E-state index contributed by atoms with van der Waals surface area (Å²) in [5.41, 5.74) is -4.01. The van der Waals surface area contributed by atoms with Crippen LogP contribution in [-0.4, -0.2) is 0 Å². The highest BCUT2D eigenvalue weighted by Crippen LogP contribution is 2.44. The second-order valence-electron chi connectivity index (χ2n) is 8.58. The van der Waals surface area contributed by atoms with Crippen molar-refractivity contribution in [2.24, 2.45) is 0 Å². The van der Waals surface area contributed by atoms with Gasteiger partial charge in [0.05, 0.1) is 34.3 Å². The Hall–Kier alpha value is -5.20. The van der Waals surface area contributed by atoms with Crippen LogP contribution in [0.15, 0.2) is 157 Å². The summed E-state index contributed by atoms with van der Waals surface area (Å²) in [6.45, 7) is 0. The molecule has 0 saturated carbocycles. The van der Waals surface area contributed by atoms with Gasteiger partial charge < -0.3 is 0 Å². The molecule has 0 heteroatoms. The normalized spacial score (nSPS) is 20.2. The third-order valence-electron chi connectivity index (χ3n) is 6.33. The Morgan fingerprint density at radius 3 is 1.38 bits per heavy atom. The van der Waals surface area contributed by atoms with Gasteiger partial charge in [-0.25, -0.2) is 0 Å². The number of benzene rings is 8. The third-order valence-corrected chi connectivity index (χ3v) is 6.33. The molecule has 0 aromatic heterocycles. The molecule has 0 unspecified atom stereocenters. The summed E-state index contributed by atoms with van der Waals surface area (Å²) in [4.78, 5) is 0. The van der Waals surface area contributed by atoms with Gasteiger partial charge in [0.2, 0.25) is 0 Å². The van der Waals surface area contributed by atoms with E-state index in [-0.39, 0.29) is 0 Å². The highest BCUT2D eigenvalue weighted by molar-refractivity contribution is 6.21. The van der Waals surface area contributed by atoms with E-state index >= 15 is 0 Å². The Bertz CT molecular complexity index is 3570. The van der Waals surface area contributed by atoms with Crippen molar-refractivity contribution in [1.82, 2.24) is 0 Å². The number of hydrogen-bond acceptors (Lipinski definition) is 0. The average Bonchev–Trinajstić information content (AvgIpc) is 3.26. The van der Waals surface area contributed by atoms with Gasteiger partial charge in [-0.2, -0.15) is 0 Å². The summed E-state index contributed by atoms with van der Waals surface area (Å²) in [5.74, 6) is 0. The maximum Gasteiger partial charge on any atom is 0.0636 e. The van der Waals surface area contributed by atoms with Crippen molar-refractivity contribution >= 4 is 43.1 Å². The van der Waals surface area contributed by atoms with Gasteiger partial charge >= 0.3 is 0 Å². The number of hydrogen-bond donors (Lipinski definition) is 0. The topological polar surface area (TPSA) is 0 Å². The maximum absolute atomic E-state index is 9.40. The van der Waals surface area contributed by atoms with Crippen molar-refractivity contribution in [3.8, 4) is 33.4 Å². The van der Waals surface area contributed by atoms with Gasteiger partial charge in [0, 0.05) is 0 Å². The molecule has 0 saturated heterocycles.